The van der Waals surface area contributed by atoms with Crippen LogP contribution < -0.4 is 10.1 Å². The Bertz CT molecular complexity index is 378. The van der Waals surface area contributed by atoms with E-state index in [1.165, 1.54) is 0 Å². The van der Waals surface area contributed by atoms with E-state index in [0.717, 1.165) is 37.7 Å². The summed E-state index contributed by atoms with van der Waals surface area (Å²) in [6.07, 6.45) is 0.482. The second-order valence-electron chi connectivity index (χ2n) is 5.33. The van der Waals surface area contributed by atoms with Gasteiger partial charge in [0, 0.05) is 25.3 Å². The molecule has 0 spiro atoms. The lowest BCUT2D eigenvalue weighted by atomic mass is 10.2. The Labute approximate surface area is 115 Å². The third-order valence-electron chi connectivity index (χ3n) is 3.10. The standard InChI is InChI=1S/C15H24N2O2/c1-12(2)19-14-6-4-13(5-7-14)16-10-15-11-17(3)8-9-18-15/h4-7,12,15-16H,8-11H2,1-3H3. The lowest BCUT2D eigenvalue weighted by Crippen LogP contribution is -2.43. The highest BCUT2D eigenvalue weighted by molar-refractivity contribution is 5.46. The van der Waals surface area contributed by atoms with Crippen molar-refractivity contribution < 1.29 is 9.47 Å². The number of nitrogens with zero attached hydrogens (tertiary/aromatic N) is 1. The average Bonchev–Trinajstić information content (AvgIpc) is 2.37. The van der Waals surface area contributed by atoms with Crippen LogP contribution in [0.25, 0.3) is 0 Å². The minimum absolute atomic E-state index is 0.213. The number of hydrogen-bond acceptors (Lipinski definition) is 4. The molecule has 1 aliphatic heterocycles. The molecule has 1 aliphatic rings. The molecule has 1 fully saturated rings. The van der Waals surface area contributed by atoms with Gasteiger partial charge in [0.25, 0.3) is 0 Å². The highest BCUT2D eigenvalue weighted by Gasteiger charge is 2.16. The fraction of sp³-hybridized carbons (Fsp3) is 0.600. The minimum atomic E-state index is 0.213. The summed E-state index contributed by atoms with van der Waals surface area (Å²) in [5, 5.41) is 3.41. The third kappa shape index (κ3) is 4.73. The predicted octanol–water partition coefficient (Wildman–Crippen LogP) is 2.22. The van der Waals surface area contributed by atoms with Crippen LogP contribution in [-0.4, -0.2) is 50.4 Å². The monoisotopic (exact) mass is 264 g/mol. The molecule has 1 atom stereocenters. The van der Waals surface area contributed by atoms with Crippen molar-refractivity contribution in [2.75, 3.05) is 38.6 Å². The Balaban J connectivity index is 1.79. The molecule has 1 N–H and O–H groups in total. The largest absolute Gasteiger partial charge is 0.491 e. The van der Waals surface area contributed by atoms with Gasteiger partial charge in [-0.1, -0.05) is 0 Å². The van der Waals surface area contributed by atoms with Gasteiger partial charge in [-0.05, 0) is 45.2 Å². The van der Waals surface area contributed by atoms with Gasteiger partial charge >= 0.3 is 0 Å². The van der Waals surface area contributed by atoms with Crippen molar-refractivity contribution in [2.24, 2.45) is 0 Å². The van der Waals surface area contributed by atoms with Gasteiger partial charge in [0.1, 0.15) is 5.75 Å². The van der Waals surface area contributed by atoms with Gasteiger partial charge in [-0.3, -0.25) is 0 Å². The maximum absolute atomic E-state index is 5.72. The van der Waals surface area contributed by atoms with E-state index in [9.17, 15) is 0 Å². The smallest absolute Gasteiger partial charge is 0.119 e. The summed E-state index contributed by atoms with van der Waals surface area (Å²) in [4.78, 5) is 2.30. The average molecular weight is 264 g/mol. The van der Waals surface area contributed by atoms with Crippen LogP contribution in [0.5, 0.6) is 5.75 Å². The molecular formula is C15H24N2O2. The summed E-state index contributed by atoms with van der Waals surface area (Å²) >= 11 is 0. The maximum Gasteiger partial charge on any atom is 0.119 e. The number of rotatable bonds is 5. The Hall–Kier alpha value is -1.26. The lowest BCUT2D eigenvalue weighted by molar-refractivity contribution is -0.0117. The fourth-order valence-electron chi connectivity index (χ4n) is 2.15. The minimum Gasteiger partial charge on any atom is -0.491 e. The van der Waals surface area contributed by atoms with Crippen LogP contribution in [0.4, 0.5) is 5.69 Å². The van der Waals surface area contributed by atoms with Crippen LogP contribution in [0.1, 0.15) is 13.8 Å². The molecule has 1 heterocycles. The summed E-state index contributed by atoms with van der Waals surface area (Å²) in [5.41, 5.74) is 1.10. The van der Waals surface area contributed by atoms with Gasteiger partial charge in [0.15, 0.2) is 0 Å². The van der Waals surface area contributed by atoms with Crippen molar-refractivity contribution in [1.29, 1.82) is 0 Å². The summed E-state index contributed by atoms with van der Waals surface area (Å²) in [6.45, 7) is 7.74. The van der Waals surface area contributed by atoms with E-state index in [-0.39, 0.29) is 12.2 Å². The number of nitrogens with one attached hydrogen (secondary N) is 1. The molecule has 106 valence electrons. The SMILES string of the molecule is CC(C)Oc1ccc(NCC2CN(C)CCO2)cc1. The van der Waals surface area contributed by atoms with Crippen LogP contribution in [0, 0.1) is 0 Å². The van der Waals surface area contributed by atoms with Crippen molar-refractivity contribution in [1.82, 2.24) is 4.90 Å². The zero-order valence-corrected chi connectivity index (χ0v) is 12.1. The first kappa shape index (κ1) is 14.2. The van der Waals surface area contributed by atoms with E-state index in [1.807, 2.05) is 38.1 Å². The van der Waals surface area contributed by atoms with Crippen molar-refractivity contribution in [3.05, 3.63) is 24.3 Å². The molecule has 1 unspecified atom stereocenters. The second-order valence-corrected chi connectivity index (χ2v) is 5.33. The Kier molecular flexibility index (Phi) is 5.05. The number of morpholine rings is 1. The molecule has 19 heavy (non-hydrogen) atoms. The second kappa shape index (κ2) is 6.78. The Morgan fingerprint density at radius 2 is 2.11 bits per heavy atom. The van der Waals surface area contributed by atoms with Crippen molar-refractivity contribution in [3.8, 4) is 5.75 Å². The van der Waals surface area contributed by atoms with Gasteiger partial charge in [-0.25, -0.2) is 0 Å². The third-order valence-corrected chi connectivity index (χ3v) is 3.10. The number of hydrogen-bond donors (Lipinski definition) is 1. The Morgan fingerprint density at radius 1 is 1.37 bits per heavy atom. The summed E-state index contributed by atoms with van der Waals surface area (Å²) in [6, 6.07) is 8.08. The van der Waals surface area contributed by atoms with Gasteiger partial charge < -0.3 is 19.7 Å². The molecule has 4 heteroatoms. The van der Waals surface area contributed by atoms with Crippen LogP contribution >= 0.6 is 0 Å². The molecule has 0 aromatic heterocycles. The van der Waals surface area contributed by atoms with Crippen molar-refractivity contribution in [3.63, 3.8) is 0 Å². The zero-order chi connectivity index (χ0) is 13.7. The topological polar surface area (TPSA) is 33.7 Å². The van der Waals surface area contributed by atoms with Crippen LogP contribution in [0.3, 0.4) is 0 Å². The first-order valence-corrected chi connectivity index (χ1v) is 6.94. The maximum atomic E-state index is 5.72. The van der Waals surface area contributed by atoms with E-state index in [0.29, 0.717) is 0 Å². The van der Waals surface area contributed by atoms with Gasteiger partial charge in [-0.2, -0.15) is 0 Å². The molecule has 4 nitrogen and oxygen atoms in total. The molecule has 1 saturated heterocycles. The van der Waals surface area contributed by atoms with Crippen LogP contribution in [0.15, 0.2) is 24.3 Å². The first-order chi connectivity index (χ1) is 9.13. The molecular weight excluding hydrogens is 240 g/mol. The van der Waals surface area contributed by atoms with E-state index in [1.54, 1.807) is 0 Å². The normalized spacial score (nSPS) is 20.5. The molecule has 0 saturated carbocycles. The van der Waals surface area contributed by atoms with E-state index >= 15 is 0 Å². The van der Waals surface area contributed by atoms with E-state index in [4.69, 9.17) is 9.47 Å². The highest BCUT2D eigenvalue weighted by atomic mass is 16.5. The number of benzene rings is 1. The fourth-order valence-corrected chi connectivity index (χ4v) is 2.15. The van der Waals surface area contributed by atoms with E-state index < -0.39 is 0 Å². The van der Waals surface area contributed by atoms with Crippen LogP contribution in [0.2, 0.25) is 0 Å². The van der Waals surface area contributed by atoms with E-state index in [2.05, 4.69) is 17.3 Å². The summed E-state index contributed by atoms with van der Waals surface area (Å²) in [7, 11) is 2.13. The first-order valence-electron chi connectivity index (χ1n) is 6.94. The predicted molar refractivity (Wildman–Crippen MR) is 77.9 cm³/mol. The molecule has 0 aliphatic carbocycles. The van der Waals surface area contributed by atoms with Gasteiger partial charge in [-0.15, -0.1) is 0 Å². The van der Waals surface area contributed by atoms with Crippen molar-refractivity contribution in [2.45, 2.75) is 26.1 Å². The highest BCUT2D eigenvalue weighted by Crippen LogP contribution is 2.17. The molecule has 0 radical (unpaired) electrons. The van der Waals surface area contributed by atoms with Crippen molar-refractivity contribution >= 4 is 5.69 Å². The molecule has 1 aromatic carbocycles. The summed E-state index contributed by atoms with van der Waals surface area (Å²) in [5.74, 6) is 0.911. The molecule has 1 aromatic rings. The zero-order valence-electron chi connectivity index (χ0n) is 12.1. The Morgan fingerprint density at radius 3 is 2.74 bits per heavy atom. The quantitative estimate of drug-likeness (QED) is 0.884. The van der Waals surface area contributed by atoms with Crippen LogP contribution in [-0.2, 0) is 4.74 Å². The number of ether oxygens (including phenoxy) is 2. The van der Waals surface area contributed by atoms with Gasteiger partial charge in [0.2, 0.25) is 0 Å². The molecule has 2 rings (SSSR count). The number of anilines is 1. The van der Waals surface area contributed by atoms with Gasteiger partial charge in [0.05, 0.1) is 18.8 Å². The lowest BCUT2D eigenvalue weighted by Gasteiger charge is -2.30. The number of likely N-dealkylation sites (N-methyl/N-ethyl adjacent to an activating group) is 1. The molecule has 0 bridgehead atoms. The molecule has 0 amide bonds. The summed E-state index contributed by atoms with van der Waals surface area (Å²) < 4.78 is 11.3.